The lowest BCUT2D eigenvalue weighted by Gasteiger charge is -2.09. The largest absolute Gasteiger partial charge is 0.508 e. The molecule has 0 aliphatic rings. The smallest absolute Gasteiger partial charge is 0.115 e. The van der Waals surface area contributed by atoms with Crippen molar-refractivity contribution in [3.8, 4) is 5.75 Å². The van der Waals surface area contributed by atoms with E-state index in [2.05, 4.69) is 5.32 Å². The number of nitrogens with one attached hydrogen (secondary N) is 1. The van der Waals surface area contributed by atoms with E-state index in [9.17, 15) is 5.11 Å². The van der Waals surface area contributed by atoms with E-state index in [1.807, 2.05) is 13.0 Å². The molecule has 2 N–H and O–H groups in total. The molecule has 13 heavy (non-hydrogen) atoms. The number of hydrogen-bond acceptors (Lipinski definition) is 2. The van der Waals surface area contributed by atoms with Gasteiger partial charge in [-0.25, -0.2) is 0 Å². The van der Waals surface area contributed by atoms with Crippen LogP contribution in [0, 0.1) is 0 Å². The molecule has 1 aromatic carbocycles. The zero-order valence-corrected chi connectivity index (χ0v) is 8.38. The topological polar surface area (TPSA) is 32.3 Å². The number of likely N-dealkylation sites (N-methyl/N-ethyl adjacent to an activating group) is 1. The summed E-state index contributed by atoms with van der Waals surface area (Å²) >= 11 is 6.08. The van der Waals surface area contributed by atoms with E-state index in [1.165, 1.54) is 0 Å². The number of phenols is 1. The van der Waals surface area contributed by atoms with Gasteiger partial charge in [0, 0.05) is 6.54 Å². The fourth-order valence-electron chi connectivity index (χ4n) is 1.11. The quantitative estimate of drug-likeness (QED) is 0.730. The average molecular weight is 200 g/mol. The number of aromatic hydroxyl groups is 1. The summed E-state index contributed by atoms with van der Waals surface area (Å²) in [5, 5.41) is 12.3. The van der Waals surface area contributed by atoms with Gasteiger partial charge in [-0.3, -0.25) is 0 Å². The molecule has 1 aromatic rings. The Bertz CT molecular complexity index is 265. The molecule has 0 bridgehead atoms. The highest BCUT2D eigenvalue weighted by Gasteiger charge is 2.06. The molecule has 1 rings (SSSR count). The maximum absolute atomic E-state index is 9.21. The van der Waals surface area contributed by atoms with Crippen LogP contribution in [0.4, 0.5) is 0 Å². The lowest BCUT2D eigenvalue weighted by Crippen LogP contribution is -2.18. The Morgan fingerprint density at radius 3 is 2.92 bits per heavy atom. The number of halogens is 1. The van der Waals surface area contributed by atoms with E-state index in [-0.39, 0.29) is 11.1 Å². The Morgan fingerprint density at radius 2 is 2.31 bits per heavy atom. The van der Waals surface area contributed by atoms with Gasteiger partial charge in [-0.05, 0) is 24.2 Å². The van der Waals surface area contributed by atoms with Crippen LogP contribution in [-0.2, 0) is 0 Å². The van der Waals surface area contributed by atoms with E-state index in [1.54, 1.807) is 18.2 Å². The molecule has 0 amide bonds. The average Bonchev–Trinajstić information content (AvgIpc) is 2.14. The van der Waals surface area contributed by atoms with E-state index in [0.29, 0.717) is 0 Å². The first kappa shape index (κ1) is 10.4. The standard InChI is InChI=1S/C10H14ClNO/c1-2-12-7-10(11)8-4-3-5-9(13)6-8/h3-6,10,12-13H,2,7H2,1H3. The van der Waals surface area contributed by atoms with Gasteiger partial charge in [-0.1, -0.05) is 19.1 Å². The zero-order valence-electron chi connectivity index (χ0n) is 7.63. The van der Waals surface area contributed by atoms with Crippen LogP contribution in [-0.4, -0.2) is 18.2 Å². The molecule has 3 heteroatoms. The molecule has 0 heterocycles. The van der Waals surface area contributed by atoms with Gasteiger partial charge < -0.3 is 10.4 Å². The number of alkyl halides is 1. The summed E-state index contributed by atoms with van der Waals surface area (Å²) in [6.45, 7) is 3.66. The minimum Gasteiger partial charge on any atom is -0.508 e. The third kappa shape index (κ3) is 3.25. The van der Waals surface area contributed by atoms with Gasteiger partial charge in [0.2, 0.25) is 0 Å². The van der Waals surface area contributed by atoms with Crippen LogP contribution in [0.15, 0.2) is 24.3 Å². The van der Waals surface area contributed by atoms with Crippen molar-refractivity contribution in [3.05, 3.63) is 29.8 Å². The van der Waals surface area contributed by atoms with Gasteiger partial charge in [-0.15, -0.1) is 11.6 Å². The number of hydrogen-bond donors (Lipinski definition) is 2. The van der Waals surface area contributed by atoms with Gasteiger partial charge >= 0.3 is 0 Å². The number of phenolic OH excluding ortho intramolecular Hbond substituents is 1. The van der Waals surface area contributed by atoms with Crippen LogP contribution in [0.3, 0.4) is 0 Å². The summed E-state index contributed by atoms with van der Waals surface area (Å²) in [6, 6.07) is 7.04. The number of benzene rings is 1. The van der Waals surface area contributed by atoms with Crippen molar-refractivity contribution in [2.24, 2.45) is 0 Å². The summed E-state index contributed by atoms with van der Waals surface area (Å²) in [6.07, 6.45) is 0. The van der Waals surface area contributed by atoms with E-state index >= 15 is 0 Å². The van der Waals surface area contributed by atoms with Crippen molar-refractivity contribution >= 4 is 11.6 Å². The summed E-state index contributed by atoms with van der Waals surface area (Å²) in [7, 11) is 0. The molecule has 2 nitrogen and oxygen atoms in total. The lowest BCUT2D eigenvalue weighted by molar-refractivity contribution is 0.474. The lowest BCUT2D eigenvalue weighted by atomic mass is 10.1. The predicted molar refractivity (Wildman–Crippen MR) is 55.2 cm³/mol. The molecule has 0 saturated heterocycles. The van der Waals surface area contributed by atoms with Gasteiger partial charge in [0.15, 0.2) is 0 Å². The second-order valence-corrected chi connectivity index (χ2v) is 3.40. The zero-order chi connectivity index (χ0) is 9.68. The molecule has 0 fully saturated rings. The Labute approximate surface area is 83.5 Å². The van der Waals surface area contributed by atoms with Crippen LogP contribution in [0.5, 0.6) is 5.75 Å². The highest BCUT2D eigenvalue weighted by atomic mass is 35.5. The van der Waals surface area contributed by atoms with Crippen molar-refractivity contribution in [1.29, 1.82) is 0 Å². The summed E-state index contributed by atoms with van der Waals surface area (Å²) < 4.78 is 0. The molecule has 0 aliphatic heterocycles. The molecule has 1 unspecified atom stereocenters. The Morgan fingerprint density at radius 1 is 1.54 bits per heavy atom. The normalized spacial score (nSPS) is 12.8. The van der Waals surface area contributed by atoms with Crippen molar-refractivity contribution in [1.82, 2.24) is 5.32 Å². The van der Waals surface area contributed by atoms with Crippen molar-refractivity contribution in [2.45, 2.75) is 12.3 Å². The predicted octanol–water partition coefficient (Wildman–Crippen LogP) is 2.28. The molecule has 0 aromatic heterocycles. The summed E-state index contributed by atoms with van der Waals surface area (Å²) in [5.41, 5.74) is 0.947. The minimum absolute atomic E-state index is 0.0768. The number of rotatable bonds is 4. The Kier molecular flexibility index (Phi) is 4.06. The van der Waals surface area contributed by atoms with Gasteiger partial charge in [0.05, 0.1) is 5.38 Å². The first-order valence-electron chi connectivity index (χ1n) is 4.37. The molecule has 1 atom stereocenters. The monoisotopic (exact) mass is 199 g/mol. The van der Waals surface area contributed by atoms with Crippen LogP contribution in [0.1, 0.15) is 17.9 Å². The maximum atomic E-state index is 9.21. The van der Waals surface area contributed by atoms with Gasteiger partial charge in [-0.2, -0.15) is 0 Å². The molecule has 0 radical (unpaired) electrons. The van der Waals surface area contributed by atoms with Gasteiger partial charge in [0.1, 0.15) is 5.75 Å². The highest BCUT2D eigenvalue weighted by molar-refractivity contribution is 6.21. The van der Waals surface area contributed by atoms with Crippen LogP contribution < -0.4 is 5.32 Å². The summed E-state index contributed by atoms with van der Waals surface area (Å²) in [4.78, 5) is 0. The first-order valence-corrected chi connectivity index (χ1v) is 4.81. The SMILES string of the molecule is CCNCC(Cl)c1cccc(O)c1. The van der Waals surface area contributed by atoms with E-state index < -0.39 is 0 Å². The van der Waals surface area contributed by atoms with Crippen LogP contribution >= 0.6 is 11.6 Å². The van der Waals surface area contributed by atoms with Crippen LogP contribution in [0.25, 0.3) is 0 Å². The molecular weight excluding hydrogens is 186 g/mol. The molecule has 0 saturated carbocycles. The maximum Gasteiger partial charge on any atom is 0.115 e. The summed E-state index contributed by atoms with van der Waals surface area (Å²) in [5.74, 6) is 0.264. The molecule has 0 spiro atoms. The van der Waals surface area contributed by atoms with Crippen molar-refractivity contribution < 1.29 is 5.11 Å². The third-order valence-corrected chi connectivity index (χ3v) is 2.21. The minimum atomic E-state index is -0.0768. The molecule has 0 aliphatic carbocycles. The fraction of sp³-hybridized carbons (Fsp3) is 0.400. The van der Waals surface area contributed by atoms with Crippen molar-refractivity contribution in [2.75, 3.05) is 13.1 Å². The van der Waals surface area contributed by atoms with Crippen LogP contribution in [0.2, 0.25) is 0 Å². The Balaban J connectivity index is 2.60. The molecule has 72 valence electrons. The third-order valence-electron chi connectivity index (χ3n) is 1.81. The van der Waals surface area contributed by atoms with Gasteiger partial charge in [0.25, 0.3) is 0 Å². The second-order valence-electron chi connectivity index (χ2n) is 2.87. The Hall–Kier alpha value is -0.730. The fourth-order valence-corrected chi connectivity index (χ4v) is 1.35. The van der Waals surface area contributed by atoms with Crippen molar-refractivity contribution in [3.63, 3.8) is 0 Å². The van der Waals surface area contributed by atoms with E-state index in [4.69, 9.17) is 11.6 Å². The first-order chi connectivity index (χ1) is 6.24. The molecular formula is C10H14ClNO. The van der Waals surface area contributed by atoms with E-state index in [0.717, 1.165) is 18.7 Å². The highest BCUT2D eigenvalue weighted by Crippen LogP contribution is 2.22. The second kappa shape index (κ2) is 5.10.